The molecule has 2 N–H and O–H groups in total. The lowest BCUT2D eigenvalue weighted by molar-refractivity contribution is 0.568. The van der Waals surface area contributed by atoms with Gasteiger partial charge in [0.15, 0.2) is 0 Å². The Kier molecular flexibility index (Phi) is 3.58. The molecule has 1 aromatic carbocycles. The molecule has 0 aliphatic carbocycles. The highest BCUT2D eigenvalue weighted by atomic mass is 16.3. The second kappa shape index (κ2) is 6.42. The monoisotopic (exact) mass is 391 g/mol. The number of H-pyrrole nitrogens is 2. The summed E-state index contributed by atoms with van der Waals surface area (Å²) in [5.41, 5.74) is 8.97. The molecule has 0 saturated heterocycles. The molecule has 0 amide bonds. The maximum absolute atomic E-state index is 5.28. The van der Waals surface area contributed by atoms with Gasteiger partial charge >= 0.3 is 0 Å². The molecular weight excluding hydrogens is 374 g/mol. The van der Waals surface area contributed by atoms with Gasteiger partial charge in [0.1, 0.15) is 5.69 Å². The van der Waals surface area contributed by atoms with E-state index < -0.39 is 0 Å². The Morgan fingerprint density at radius 2 is 1.90 bits per heavy atom. The van der Waals surface area contributed by atoms with Gasteiger partial charge in [-0.25, -0.2) is 0 Å². The number of rotatable bonds is 3. The standard InChI is InChI=1S/C24H17N5O/c1-14-5-7-25-11-19(14)21-10-18-23(12-26-21)28-29-24(18)22-9-17-16(15-6-8-30-13-15)3-2-4-20(17)27-22/h2-13,27H,1H3,(H,28,29). The first-order chi connectivity index (χ1) is 14.8. The van der Waals surface area contributed by atoms with Gasteiger partial charge in [0.2, 0.25) is 0 Å². The molecule has 5 aromatic heterocycles. The van der Waals surface area contributed by atoms with E-state index in [4.69, 9.17) is 4.42 Å². The molecule has 6 aromatic rings. The summed E-state index contributed by atoms with van der Waals surface area (Å²) in [4.78, 5) is 12.4. The lowest BCUT2D eigenvalue weighted by Gasteiger charge is -2.04. The molecule has 144 valence electrons. The number of nitrogens with one attached hydrogen (secondary N) is 2. The molecule has 0 saturated carbocycles. The van der Waals surface area contributed by atoms with Crippen LogP contribution in [0.3, 0.4) is 0 Å². The molecule has 6 heteroatoms. The first-order valence-corrected chi connectivity index (χ1v) is 9.68. The number of pyridine rings is 2. The van der Waals surface area contributed by atoms with E-state index in [1.165, 1.54) is 0 Å². The van der Waals surface area contributed by atoms with Gasteiger partial charge in [-0.3, -0.25) is 15.1 Å². The Balaban J connectivity index is 1.53. The van der Waals surface area contributed by atoms with E-state index in [1.807, 2.05) is 30.6 Å². The van der Waals surface area contributed by atoms with Crippen LogP contribution in [-0.4, -0.2) is 25.1 Å². The number of hydrogen-bond donors (Lipinski definition) is 2. The third kappa shape index (κ3) is 2.54. The number of nitrogens with zero attached hydrogens (tertiary/aromatic N) is 3. The molecule has 6 rings (SSSR count). The van der Waals surface area contributed by atoms with Gasteiger partial charge in [-0.2, -0.15) is 5.10 Å². The quantitative estimate of drug-likeness (QED) is 0.403. The van der Waals surface area contributed by atoms with E-state index in [2.05, 4.69) is 56.3 Å². The van der Waals surface area contributed by atoms with E-state index in [9.17, 15) is 0 Å². The molecule has 5 heterocycles. The van der Waals surface area contributed by atoms with Gasteiger partial charge in [0.25, 0.3) is 0 Å². The summed E-state index contributed by atoms with van der Waals surface area (Å²) in [7, 11) is 0. The van der Waals surface area contributed by atoms with Crippen molar-refractivity contribution in [1.29, 1.82) is 0 Å². The van der Waals surface area contributed by atoms with Crippen LogP contribution in [0.15, 0.2) is 78.0 Å². The summed E-state index contributed by atoms with van der Waals surface area (Å²) >= 11 is 0. The molecule has 0 fully saturated rings. The summed E-state index contributed by atoms with van der Waals surface area (Å²) in [6, 6.07) is 14.4. The normalized spacial score (nSPS) is 11.5. The topological polar surface area (TPSA) is 83.4 Å². The Bertz CT molecular complexity index is 1510. The number of aromatic nitrogens is 5. The van der Waals surface area contributed by atoms with Crippen molar-refractivity contribution in [2.45, 2.75) is 6.92 Å². The maximum Gasteiger partial charge on any atom is 0.116 e. The van der Waals surface area contributed by atoms with Gasteiger partial charge in [-0.15, -0.1) is 0 Å². The van der Waals surface area contributed by atoms with Crippen LogP contribution in [0.2, 0.25) is 0 Å². The Labute approximate surface area is 171 Å². The Morgan fingerprint density at radius 3 is 2.77 bits per heavy atom. The number of hydrogen-bond acceptors (Lipinski definition) is 4. The highest BCUT2D eigenvalue weighted by molar-refractivity contribution is 6.01. The van der Waals surface area contributed by atoms with Crippen LogP contribution < -0.4 is 0 Å². The highest BCUT2D eigenvalue weighted by Gasteiger charge is 2.15. The van der Waals surface area contributed by atoms with E-state index in [0.29, 0.717) is 0 Å². The molecule has 0 bridgehead atoms. The van der Waals surface area contributed by atoms with Gasteiger partial charge in [0.05, 0.1) is 35.6 Å². The predicted octanol–water partition coefficient (Wildman–Crippen LogP) is 5.74. The summed E-state index contributed by atoms with van der Waals surface area (Å²) in [6.07, 6.45) is 8.93. The van der Waals surface area contributed by atoms with Gasteiger partial charge in [-0.1, -0.05) is 12.1 Å². The zero-order valence-electron chi connectivity index (χ0n) is 16.2. The summed E-state index contributed by atoms with van der Waals surface area (Å²) in [5, 5.41) is 9.82. The average molecular weight is 391 g/mol. The molecule has 30 heavy (non-hydrogen) atoms. The van der Waals surface area contributed by atoms with Crippen LogP contribution in [0, 0.1) is 6.92 Å². The minimum absolute atomic E-state index is 0.865. The maximum atomic E-state index is 5.28. The number of aryl methyl sites for hydroxylation is 1. The SMILES string of the molecule is Cc1ccncc1-c1cc2c(-c3cc4c(-c5ccoc5)cccc4[nH]3)n[nH]c2cn1. The van der Waals surface area contributed by atoms with Crippen LogP contribution >= 0.6 is 0 Å². The van der Waals surface area contributed by atoms with Crippen LogP contribution in [0.5, 0.6) is 0 Å². The number of furan rings is 1. The van der Waals surface area contributed by atoms with Crippen molar-refractivity contribution < 1.29 is 4.42 Å². The van der Waals surface area contributed by atoms with Crippen LogP contribution in [0.25, 0.3) is 55.6 Å². The van der Waals surface area contributed by atoms with Crippen LogP contribution in [0.4, 0.5) is 0 Å². The molecular formula is C24H17N5O. The first kappa shape index (κ1) is 16.7. The van der Waals surface area contributed by atoms with Crippen LogP contribution in [0.1, 0.15) is 5.56 Å². The average Bonchev–Trinajstić information content (AvgIpc) is 3.51. The van der Waals surface area contributed by atoms with Crippen LogP contribution in [-0.2, 0) is 0 Å². The third-order valence-corrected chi connectivity index (χ3v) is 5.51. The third-order valence-electron chi connectivity index (χ3n) is 5.51. The van der Waals surface area contributed by atoms with E-state index in [1.54, 1.807) is 18.7 Å². The van der Waals surface area contributed by atoms with Crippen molar-refractivity contribution in [3.05, 3.63) is 79.1 Å². The molecule has 0 aliphatic rings. The zero-order valence-corrected chi connectivity index (χ0v) is 16.2. The molecule has 0 spiro atoms. The largest absolute Gasteiger partial charge is 0.472 e. The van der Waals surface area contributed by atoms with E-state index >= 15 is 0 Å². The predicted molar refractivity (Wildman–Crippen MR) is 117 cm³/mol. The fraction of sp³-hybridized carbons (Fsp3) is 0.0417. The van der Waals surface area contributed by atoms with Crippen molar-refractivity contribution in [3.8, 4) is 33.8 Å². The first-order valence-electron chi connectivity index (χ1n) is 9.68. The Hall–Kier alpha value is -4.19. The minimum atomic E-state index is 0.865. The van der Waals surface area contributed by atoms with Crippen molar-refractivity contribution in [2.75, 3.05) is 0 Å². The van der Waals surface area contributed by atoms with Crippen molar-refractivity contribution in [1.82, 2.24) is 25.1 Å². The van der Waals surface area contributed by atoms with Gasteiger partial charge in [0, 0.05) is 39.8 Å². The summed E-state index contributed by atoms with van der Waals surface area (Å²) in [5.74, 6) is 0. The number of fused-ring (bicyclic) bond motifs is 2. The number of benzene rings is 1. The second-order valence-electron chi connectivity index (χ2n) is 7.34. The smallest absolute Gasteiger partial charge is 0.116 e. The second-order valence-corrected chi connectivity index (χ2v) is 7.34. The zero-order chi connectivity index (χ0) is 20.1. The van der Waals surface area contributed by atoms with Gasteiger partial charge in [-0.05, 0) is 48.4 Å². The lowest BCUT2D eigenvalue weighted by Crippen LogP contribution is -1.88. The summed E-state index contributed by atoms with van der Waals surface area (Å²) in [6.45, 7) is 2.06. The summed E-state index contributed by atoms with van der Waals surface area (Å²) < 4.78 is 5.28. The lowest BCUT2D eigenvalue weighted by atomic mass is 10.0. The molecule has 0 radical (unpaired) electrons. The highest BCUT2D eigenvalue weighted by Crippen LogP contribution is 2.35. The molecule has 0 unspecified atom stereocenters. The van der Waals surface area contributed by atoms with E-state index in [-0.39, 0.29) is 0 Å². The fourth-order valence-electron chi connectivity index (χ4n) is 3.95. The van der Waals surface area contributed by atoms with Gasteiger partial charge < -0.3 is 9.40 Å². The van der Waals surface area contributed by atoms with E-state index in [0.717, 1.165) is 61.1 Å². The Morgan fingerprint density at radius 1 is 0.933 bits per heavy atom. The molecule has 0 aliphatic heterocycles. The van der Waals surface area contributed by atoms with Crippen molar-refractivity contribution in [3.63, 3.8) is 0 Å². The van der Waals surface area contributed by atoms with Crippen molar-refractivity contribution >= 4 is 21.8 Å². The molecule has 0 atom stereocenters. The fourth-order valence-corrected chi connectivity index (χ4v) is 3.95. The molecule has 6 nitrogen and oxygen atoms in total. The minimum Gasteiger partial charge on any atom is -0.472 e. The number of aromatic amines is 2. The van der Waals surface area contributed by atoms with Crippen molar-refractivity contribution in [2.24, 2.45) is 0 Å².